The molecule has 1 saturated heterocycles. The molecule has 1 fully saturated rings. The summed E-state index contributed by atoms with van der Waals surface area (Å²) in [6, 6.07) is 1.29. The molecule has 0 radical (unpaired) electrons. The number of rotatable bonds is 3. The molecule has 10 heteroatoms. The summed E-state index contributed by atoms with van der Waals surface area (Å²) in [6.45, 7) is 3.04. The number of aromatic nitrogens is 3. The SMILES string of the molecule is Cc1cc(F)n2ncnc(N3CCC(N(C)S(N)(=O)=O)CC3)c12. The van der Waals surface area contributed by atoms with Gasteiger partial charge in [0.2, 0.25) is 5.95 Å². The Balaban J connectivity index is 1.84. The van der Waals surface area contributed by atoms with E-state index in [1.54, 1.807) is 0 Å². The highest BCUT2D eigenvalue weighted by atomic mass is 32.2. The molecule has 0 unspecified atom stereocenters. The van der Waals surface area contributed by atoms with Crippen LogP contribution in [0.1, 0.15) is 18.4 Å². The lowest BCUT2D eigenvalue weighted by Crippen LogP contribution is -2.47. The average Bonchev–Trinajstić information content (AvgIpc) is 2.81. The van der Waals surface area contributed by atoms with Crippen molar-refractivity contribution in [1.29, 1.82) is 0 Å². The maximum Gasteiger partial charge on any atom is 0.276 e. The summed E-state index contributed by atoms with van der Waals surface area (Å²) in [5.74, 6) is 0.239. The van der Waals surface area contributed by atoms with Crippen molar-refractivity contribution in [2.24, 2.45) is 5.14 Å². The third-order valence-electron chi connectivity index (χ3n) is 4.36. The van der Waals surface area contributed by atoms with Gasteiger partial charge in [-0.3, -0.25) is 0 Å². The molecule has 126 valence electrons. The summed E-state index contributed by atoms with van der Waals surface area (Å²) in [6.07, 6.45) is 2.59. The highest BCUT2D eigenvalue weighted by Crippen LogP contribution is 2.27. The number of anilines is 1. The minimum Gasteiger partial charge on any atom is -0.355 e. The lowest BCUT2D eigenvalue weighted by Gasteiger charge is -2.36. The molecule has 0 atom stereocenters. The molecule has 23 heavy (non-hydrogen) atoms. The number of hydrogen-bond acceptors (Lipinski definition) is 5. The zero-order valence-electron chi connectivity index (χ0n) is 13.0. The van der Waals surface area contributed by atoms with Gasteiger partial charge in [-0.2, -0.15) is 22.2 Å². The zero-order valence-corrected chi connectivity index (χ0v) is 13.8. The molecule has 0 aliphatic carbocycles. The highest BCUT2D eigenvalue weighted by molar-refractivity contribution is 7.86. The van der Waals surface area contributed by atoms with Gasteiger partial charge >= 0.3 is 0 Å². The molecule has 1 aliphatic heterocycles. The van der Waals surface area contributed by atoms with Crippen LogP contribution in [0.15, 0.2) is 12.4 Å². The van der Waals surface area contributed by atoms with Crippen LogP contribution in [0.25, 0.3) is 5.52 Å². The first-order valence-corrected chi connectivity index (χ1v) is 8.79. The van der Waals surface area contributed by atoms with E-state index >= 15 is 0 Å². The monoisotopic (exact) mass is 342 g/mol. The Morgan fingerprint density at radius 2 is 2.04 bits per heavy atom. The molecule has 0 spiro atoms. The van der Waals surface area contributed by atoms with E-state index in [9.17, 15) is 12.8 Å². The summed E-state index contributed by atoms with van der Waals surface area (Å²) in [5.41, 5.74) is 1.41. The first kappa shape index (κ1) is 16.1. The number of nitrogens with two attached hydrogens (primary N) is 1. The maximum absolute atomic E-state index is 13.8. The van der Waals surface area contributed by atoms with E-state index in [1.165, 1.54) is 28.3 Å². The van der Waals surface area contributed by atoms with Crippen molar-refractivity contribution in [1.82, 2.24) is 18.9 Å². The maximum atomic E-state index is 13.8. The van der Waals surface area contributed by atoms with Gasteiger partial charge in [0.05, 0.1) is 0 Å². The molecular formula is C13H19FN6O2S. The number of piperidine rings is 1. The predicted molar refractivity (Wildman–Crippen MR) is 83.8 cm³/mol. The molecule has 3 heterocycles. The van der Waals surface area contributed by atoms with Crippen LogP contribution in [0, 0.1) is 12.9 Å². The van der Waals surface area contributed by atoms with E-state index in [0.29, 0.717) is 37.3 Å². The van der Waals surface area contributed by atoms with E-state index < -0.39 is 16.2 Å². The Kier molecular flexibility index (Phi) is 3.98. The fraction of sp³-hybridized carbons (Fsp3) is 0.538. The third kappa shape index (κ3) is 2.89. The molecular weight excluding hydrogens is 323 g/mol. The second kappa shape index (κ2) is 5.69. The van der Waals surface area contributed by atoms with Crippen LogP contribution in [-0.2, 0) is 10.2 Å². The number of halogens is 1. The second-order valence-corrected chi connectivity index (χ2v) is 7.38. The summed E-state index contributed by atoms with van der Waals surface area (Å²) < 4.78 is 39.1. The van der Waals surface area contributed by atoms with Crippen LogP contribution in [0.4, 0.5) is 10.2 Å². The molecule has 8 nitrogen and oxygen atoms in total. The minimum atomic E-state index is -3.69. The van der Waals surface area contributed by atoms with Crippen LogP contribution in [0.5, 0.6) is 0 Å². The molecule has 2 aromatic rings. The van der Waals surface area contributed by atoms with Gasteiger partial charge in [-0.25, -0.2) is 14.6 Å². The van der Waals surface area contributed by atoms with Gasteiger partial charge in [0.15, 0.2) is 5.82 Å². The number of aryl methyl sites for hydroxylation is 1. The molecule has 2 aromatic heterocycles. The average molecular weight is 342 g/mol. The van der Waals surface area contributed by atoms with E-state index in [4.69, 9.17) is 5.14 Å². The summed E-state index contributed by atoms with van der Waals surface area (Å²) in [7, 11) is -2.20. The predicted octanol–water partition coefficient (Wildman–Crippen LogP) is 0.281. The fourth-order valence-electron chi connectivity index (χ4n) is 3.04. The topological polar surface area (TPSA) is 96.8 Å². The smallest absolute Gasteiger partial charge is 0.276 e. The summed E-state index contributed by atoms with van der Waals surface area (Å²) in [5, 5.41) is 9.10. The Morgan fingerprint density at radius 3 is 2.65 bits per heavy atom. The lowest BCUT2D eigenvalue weighted by molar-refractivity contribution is 0.312. The van der Waals surface area contributed by atoms with Crippen molar-refractivity contribution in [3.8, 4) is 0 Å². The number of nitrogens with zero attached hydrogens (tertiary/aromatic N) is 5. The molecule has 3 rings (SSSR count). The number of hydrogen-bond donors (Lipinski definition) is 1. The van der Waals surface area contributed by atoms with Crippen LogP contribution in [-0.4, -0.2) is 53.5 Å². The van der Waals surface area contributed by atoms with Gasteiger partial charge in [-0.15, -0.1) is 0 Å². The first-order valence-electron chi connectivity index (χ1n) is 7.28. The van der Waals surface area contributed by atoms with Crippen molar-refractivity contribution < 1.29 is 12.8 Å². The van der Waals surface area contributed by atoms with Gasteiger partial charge in [0.25, 0.3) is 10.2 Å². The third-order valence-corrected chi connectivity index (χ3v) is 5.46. The summed E-state index contributed by atoms with van der Waals surface area (Å²) in [4.78, 5) is 6.32. The lowest BCUT2D eigenvalue weighted by atomic mass is 10.1. The Bertz CT molecular complexity index is 828. The van der Waals surface area contributed by atoms with E-state index in [0.717, 1.165) is 5.56 Å². The van der Waals surface area contributed by atoms with Crippen LogP contribution in [0.2, 0.25) is 0 Å². The minimum absolute atomic E-state index is 0.135. The van der Waals surface area contributed by atoms with Gasteiger partial charge in [0.1, 0.15) is 11.8 Å². The second-order valence-electron chi connectivity index (χ2n) is 5.77. The van der Waals surface area contributed by atoms with Gasteiger partial charge in [-0.05, 0) is 31.4 Å². The van der Waals surface area contributed by atoms with Crippen LogP contribution >= 0.6 is 0 Å². The molecule has 2 N–H and O–H groups in total. The Labute approximate surface area is 133 Å². The number of fused-ring (bicyclic) bond motifs is 1. The molecule has 0 amide bonds. The quantitative estimate of drug-likeness (QED) is 0.864. The molecule has 0 aromatic carbocycles. The van der Waals surface area contributed by atoms with Crippen LogP contribution < -0.4 is 10.0 Å². The first-order chi connectivity index (χ1) is 10.8. The Hall–Kier alpha value is -1.78. The van der Waals surface area contributed by atoms with E-state index in [-0.39, 0.29) is 6.04 Å². The van der Waals surface area contributed by atoms with Crippen molar-refractivity contribution in [2.45, 2.75) is 25.8 Å². The fourth-order valence-corrected chi connectivity index (χ4v) is 3.67. The normalized spacial score (nSPS) is 17.3. The molecule has 0 bridgehead atoms. The molecule has 1 aliphatic rings. The van der Waals surface area contributed by atoms with Gasteiger partial charge in [-0.1, -0.05) is 0 Å². The zero-order chi connectivity index (χ0) is 16.8. The summed E-state index contributed by atoms with van der Waals surface area (Å²) >= 11 is 0. The largest absolute Gasteiger partial charge is 0.355 e. The van der Waals surface area contributed by atoms with Gasteiger partial charge < -0.3 is 4.90 Å². The van der Waals surface area contributed by atoms with Crippen molar-refractivity contribution in [3.05, 3.63) is 23.9 Å². The van der Waals surface area contributed by atoms with Crippen LogP contribution in [0.3, 0.4) is 0 Å². The van der Waals surface area contributed by atoms with E-state index in [2.05, 4.69) is 10.1 Å². The van der Waals surface area contributed by atoms with Crippen molar-refractivity contribution in [2.75, 3.05) is 25.0 Å². The molecule has 0 saturated carbocycles. The standard InChI is InChI=1S/C13H19FN6O2S/c1-9-7-11(14)20-12(9)13(16-8-17-20)19-5-3-10(4-6-19)18(2)23(15,21)22/h7-8,10H,3-6H2,1-2H3,(H2,15,21,22). The highest BCUT2D eigenvalue weighted by Gasteiger charge is 2.29. The van der Waals surface area contributed by atoms with E-state index in [1.807, 2.05) is 11.8 Å². The van der Waals surface area contributed by atoms with Gasteiger partial charge in [0, 0.05) is 26.2 Å². The Morgan fingerprint density at radius 1 is 1.39 bits per heavy atom. The van der Waals surface area contributed by atoms with Crippen molar-refractivity contribution in [3.63, 3.8) is 0 Å². The van der Waals surface area contributed by atoms with Crippen molar-refractivity contribution >= 4 is 21.5 Å².